The first-order chi connectivity index (χ1) is 14.7. The topological polar surface area (TPSA) is 75.9 Å². The van der Waals surface area contributed by atoms with Crippen molar-refractivity contribution in [1.29, 1.82) is 0 Å². The molecule has 9 heteroatoms. The fourth-order valence-electron chi connectivity index (χ4n) is 5.48. The Morgan fingerprint density at radius 2 is 2.03 bits per heavy atom. The number of likely N-dealkylation sites (tertiary alicyclic amines) is 1. The average molecular weight is 458 g/mol. The van der Waals surface area contributed by atoms with E-state index in [-0.39, 0.29) is 29.3 Å². The van der Waals surface area contributed by atoms with Crippen LogP contribution < -0.4 is 5.73 Å². The highest BCUT2D eigenvalue weighted by Gasteiger charge is 2.46. The third kappa shape index (κ3) is 4.80. The number of fused-ring (bicyclic) bond motifs is 1. The van der Waals surface area contributed by atoms with E-state index < -0.39 is 33.8 Å². The largest absolute Gasteiger partial charge is 0.370 e. The monoisotopic (exact) mass is 457 g/mol. The Balaban J connectivity index is 1.43. The van der Waals surface area contributed by atoms with E-state index in [4.69, 9.17) is 10.5 Å². The molecular weight excluding hydrogens is 424 g/mol. The molecule has 0 aliphatic carbocycles. The molecule has 0 amide bonds. The summed E-state index contributed by atoms with van der Waals surface area (Å²) in [6, 6.07) is 2.92. The van der Waals surface area contributed by atoms with Crippen LogP contribution in [0.5, 0.6) is 0 Å². The van der Waals surface area contributed by atoms with Crippen molar-refractivity contribution >= 4 is 10.0 Å². The third-order valence-corrected chi connectivity index (χ3v) is 9.10. The molecule has 174 valence electrons. The van der Waals surface area contributed by atoms with Crippen LogP contribution in [0.15, 0.2) is 18.2 Å². The molecule has 2 N–H and O–H groups in total. The molecule has 2 unspecified atom stereocenters. The lowest BCUT2D eigenvalue weighted by Gasteiger charge is -2.39. The predicted octanol–water partition coefficient (Wildman–Crippen LogP) is 2.50. The van der Waals surface area contributed by atoms with Gasteiger partial charge in [-0.2, -0.15) is 4.31 Å². The van der Waals surface area contributed by atoms with Crippen LogP contribution in [0.1, 0.15) is 44.8 Å². The van der Waals surface area contributed by atoms with E-state index in [2.05, 4.69) is 4.90 Å². The Morgan fingerprint density at radius 1 is 1.26 bits per heavy atom. The average Bonchev–Trinajstić information content (AvgIpc) is 3.13. The van der Waals surface area contributed by atoms with Crippen LogP contribution in [0.4, 0.5) is 8.78 Å². The van der Waals surface area contributed by atoms with Gasteiger partial charge in [-0.05, 0) is 49.3 Å². The molecule has 1 aromatic rings. The summed E-state index contributed by atoms with van der Waals surface area (Å²) in [7, 11) is -3.28. The molecule has 3 heterocycles. The van der Waals surface area contributed by atoms with Crippen LogP contribution in [-0.4, -0.2) is 67.7 Å². The van der Waals surface area contributed by atoms with Crippen molar-refractivity contribution in [3.63, 3.8) is 0 Å². The molecule has 0 bridgehead atoms. The second-order valence-corrected chi connectivity index (χ2v) is 11.6. The fraction of sp³-hybridized carbons (Fsp3) is 0.727. The number of sulfonamides is 1. The van der Waals surface area contributed by atoms with Crippen molar-refractivity contribution in [2.24, 2.45) is 17.6 Å². The summed E-state index contributed by atoms with van der Waals surface area (Å²) < 4.78 is 61.3. The first-order valence-electron chi connectivity index (χ1n) is 11.2. The van der Waals surface area contributed by atoms with Gasteiger partial charge in [0.15, 0.2) is 0 Å². The van der Waals surface area contributed by atoms with Crippen molar-refractivity contribution in [3.05, 3.63) is 35.4 Å². The smallest absolute Gasteiger partial charge is 0.214 e. The number of rotatable bonds is 5. The number of nitrogens with two attached hydrogens (primary N) is 1. The molecule has 1 aromatic carbocycles. The number of nitrogens with zero attached hydrogens (tertiary/aromatic N) is 2. The van der Waals surface area contributed by atoms with Crippen molar-refractivity contribution < 1.29 is 21.9 Å². The zero-order valence-electron chi connectivity index (χ0n) is 18.2. The first kappa shape index (κ1) is 23.0. The molecule has 0 spiro atoms. The predicted molar refractivity (Wildman–Crippen MR) is 115 cm³/mol. The number of halogens is 2. The molecule has 31 heavy (non-hydrogen) atoms. The van der Waals surface area contributed by atoms with Crippen molar-refractivity contribution in [1.82, 2.24) is 9.21 Å². The summed E-state index contributed by atoms with van der Waals surface area (Å²) in [6.45, 7) is 6.30. The molecule has 4 rings (SSSR count). The van der Waals surface area contributed by atoms with Gasteiger partial charge in [-0.15, -0.1) is 0 Å². The Bertz CT molecular complexity index is 898. The number of ether oxygens (including phenoxy) is 1. The van der Waals surface area contributed by atoms with E-state index in [0.29, 0.717) is 32.0 Å². The zero-order valence-corrected chi connectivity index (χ0v) is 19.0. The van der Waals surface area contributed by atoms with Gasteiger partial charge in [0.05, 0.1) is 12.4 Å². The minimum Gasteiger partial charge on any atom is -0.370 e. The summed E-state index contributed by atoms with van der Waals surface area (Å²) in [5.74, 6) is -0.452. The second-order valence-electron chi connectivity index (χ2n) is 9.68. The first-order valence-corrected chi connectivity index (χ1v) is 12.8. The van der Waals surface area contributed by atoms with E-state index >= 15 is 0 Å². The van der Waals surface area contributed by atoms with Gasteiger partial charge in [0.25, 0.3) is 0 Å². The molecule has 3 saturated heterocycles. The quantitative estimate of drug-likeness (QED) is 0.735. The Labute approximate surface area is 183 Å². The van der Waals surface area contributed by atoms with Crippen molar-refractivity contribution in [2.75, 3.05) is 32.0 Å². The Kier molecular flexibility index (Phi) is 6.70. The molecule has 3 aliphatic heterocycles. The van der Waals surface area contributed by atoms with Crippen LogP contribution in [0.3, 0.4) is 0 Å². The highest BCUT2D eigenvalue weighted by atomic mass is 32.2. The SMILES string of the molecule is CC(C)CS(=O)(=O)N1CCCC2CN([C@H]3CO[C@H](c4cc(F)ccc4F)[C@@H](N)C3)CC21. The number of benzene rings is 1. The summed E-state index contributed by atoms with van der Waals surface area (Å²) in [5.41, 5.74) is 6.50. The van der Waals surface area contributed by atoms with Gasteiger partial charge in [0, 0.05) is 43.3 Å². The highest BCUT2D eigenvalue weighted by Crippen LogP contribution is 2.37. The second kappa shape index (κ2) is 9.02. The summed E-state index contributed by atoms with van der Waals surface area (Å²) in [4.78, 5) is 2.29. The number of hydrogen-bond donors (Lipinski definition) is 1. The van der Waals surface area contributed by atoms with Crippen LogP contribution in [0.2, 0.25) is 0 Å². The molecule has 0 saturated carbocycles. The van der Waals surface area contributed by atoms with Crippen LogP contribution in [0, 0.1) is 23.5 Å². The summed E-state index contributed by atoms with van der Waals surface area (Å²) >= 11 is 0. The normalized spacial score (nSPS) is 33.0. The maximum Gasteiger partial charge on any atom is 0.214 e. The lowest BCUT2D eigenvalue weighted by atomic mass is 9.93. The standard InChI is InChI=1S/C22H33F2N3O3S/c1-14(2)13-31(28,29)27-7-3-4-15-10-26(11-21(15)27)17-9-20(25)22(30-12-17)18-8-16(23)5-6-19(18)24/h5-6,8,14-15,17,20-22H,3-4,7,9-13,25H2,1-2H3/t15?,17-,20+,21?,22-/m1/s1. The third-order valence-electron chi connectivity index (χ3n) is 6.84. The van der Waals surface area contributed by atoms with E-state index in [1.807, 2.05) is 13.8 Å². The van der Waals surface area contributed by atoms with Gasteiger partial charge in [0.2, 0.25) is 10.0 Å². The van der Waals surface area contributed by atoms with Crippen molar-refractivity contribution in [3.8, 4) is 0 Å². The number of piperidine rings is 1. The molecular formula is C22H33F2N3O3S. The molecule has 3 aliphatic rings. The summed E-state index contributed by atoms with van der Waals surface area (Å²) in [5, 5.41) is 0. The van der Waals surface area contributed by atoms with Gasteiger partial charge in [-0.25, -0.2) is 17.2 Å². The lowest BCUT2D eigenvalue weighted by Crippen LogP contribution is -2.51. The van der Waals surface area contributed by atoms with Gasteiger partial charge in [-0.3, -0.25) is 4.90 Å². The maximum absolute atomic E-state index is 14.2. The van der Waals surface area contributed by atoms with Gasteiger partial charge in [-0.1, -0.05) is 13.8 Å². The molecule has 3 fully saturated rings. The minimum absolute atomic E-state index is 0.00730. The van der Waals surface area contributed by atoms with Crippen molar-refractivity contribution in [2.45, 2.75) is 57.3 Å². The van der Waals surface area contributed by atoms with Crippen LogP contribution >= 0.6 is 0 Å². The van der Waals surface area contributed by atoms with E-state index in [0.717, 1.165) is 37.6 Å². The Morgan fingerprint density at radius 3 is 2.74 bits per heavy atom. The van der Waals surface area contributed by atoms with Crippen LogP contribution in [-0.2, 0) is 14.8 Å². The highest BCUT2D eigenvalue weighted by molar-refractivity contribution is 7.89. The summed E-state index contributed by atoms with van der Waals surface area (Å²) in [6.07, 6.45) is 1.82. The van der Waals surface area contributed by atoms with E-state index in [9.17, 15) is 17.2 Å². The lowest BCUT2D eigenvalue weighted by molar-refractivity contribution is -0.0480. The van der Waals surface area contributed by atoms with E-state index in [1.54, 1.807) is 4.31 Å². The molecule has 0 aromatic heterocycles. The zero-order chi connectivity index (χ0) is 22.3. The van der Waals surface area contributed by atoms with Gasteiger partial charge >= 0.3 is 0 Å². The molecule has 0 radical (unpaired) electrons. The van der Waals surface area contributed by atoms with E-state index in [1.165, 1.54) is 0 Å². The van der Waals surface area contributed by atoms with Crippen LogP contribution in [0.25, 0.3) is 0 Å². The maximum atomic E-state index is 14.2. The van der Waals surface area contributed by atoms with Gasteiger partial charge < -0.3 is 10.5 Å². The molecule has 6 nitrogen and oxygen atoms in total. The van der Waals surface area contributed by atoms with Gasteiger partial charge in [0.1, 0.15) is 17.7 Å². The fourth-order valence-corrected chi connectivity index (χ4v) is 7.58. The molecule has 5 atom stereocenters. The minimum atomic E-state index is -3.28. The Hall–Kier alpha value is -1.13. The number of hydrogen-bond acceptors (Lipinski definition) is 5.